The second-order valence-corrected chi connectivity index (χ2v) is 7.41. The van der Waals surface area contributed by atoms with Crippen LogP contribution in [0.1, 0.15) is 20.8 Å². The summed E-state index contributed by atoms with van der Waals surface area (Å²) in [5, 5.41) is 0.228. The molecule has 0 spiro atoms. The van der Waals surface area contributed by atoms with E-state index in [-0.39, 0.29) is 5.41 Å². The highest BCUT2D eigenvalue weighted by molar-refractivity contribution is 7.85. The summed E-state index contributed by atoms with van der Waals surface area (Å²) in [5.74, 6) is 6.31. The zero-order chi connectivity index (χ0) is 13.8. The highest BCUT2D eigenvalue weighted by atomic mass is 35.5. The number of halogens is 2. The van der Waals surface area contributed by atoms with Gasteiger partial charge in [0.05, 0.1) is 16.6 Å². The van der Waals surface area contributed by atoms with Gasteiger partial charge in [-0.2, -0.15) is 0 Å². The topological polar surface area (TPSA) is 17.1 Å². The number of hydrogen-bond donors (Lipinski definition) is 0. The van der Waals surface area contributed by atoms with Gasteiger partial charge < -0.3 is 0 Å². The Morgan fingerprint density at radius 1 is 1.28 bits per heavy atom. The molecule has 2 unspecified atom stereocenters. The molecule has 2 atom stereocenters. The van der Waals surface area contributed by atoms with Crippen LogP contribution in [-0.4, -0.2) is 15.3 Å². The zero-order valence-electron chi connectivity index (χ0n) is 10.7. The van der Waals surface area contributed by atoms with E-state index in [2.05, 4.69) is 11.8 Å². The first-order chi connectivity index (χ1) is 8.28. The molecule has 0 saturated carbocycles. The Morgan fingerprint density at radius 2 is 1.83 bits per heavy atom. The van der Waals surface area contributed by atoms with Crippen LogP contribution < -0.4 is 0 Å². The third-order valence-corrected chi connectivity index (χ3v) is 4.11. The van der Waals surface area contributed by atoms with Crippen molar-refractivity contribution in [2.24, 2.45) is 5.41 Å². The summed E-state index contributed by atoms with van der Waals surface area (Å²) < 4.78 is 12.0. The second kappa shape index (κ2) is 6.61. The molecule has 1 rings (SSSR count). The maximum Gasteiger partial charge on any atom is 0.106 e. The molecule has 1 aromatic carbocycles. The molecule has 18 heavy (non-hydrogen) atoms. The number of rotatable bonds is 3. The molecule has 0 aliphatic carbocycles. The third-order valence-electron chi connectivity index (χ3n) is 1.98. The Bertz CT molecular complexity index is 477. The maximum atomic E-state index is 12.0. The average molecular weight is 303 g/mol. The minimum absolute atomic E-state index is 0.0884. The van der Waals surface area contributed by atoms with Crippen molar-refractivity contribution >= 4 is 34.0 Å². The summed E-state index contributed by atoms with van der Waals surface area (Å²) in [6, 6.07) is 6.94. The van der Waals surface area contributed by atoms with Crippen LogP contribution >= 0.6 is 23.2 Å². The monoisotopic (exact) mass is 302 g/mol. The first-order valence-electron chi connectivity index (χ1n) is 5.58. The fourth-order valence-electron chi connectivity index (χ4n) is 1.15. The van der Waals surface area contributed by atoms with Crippen molar-refractivity contribution in [3.63, 3.8) is 0 Å². The predicted octanol–water partition coefficient (Wildman–Crippen LogP) is 4.10. The minimum Gasteiger partial charge on any atom is -0.254 e. The summed E-state index contributed by atoms with van der Waals surface area (Å²) in [6.07, 6.45) is 0. The lowest BCUT2D eigenvalue weighted by Crippen LogP contribution is -2.10. The first kappa shape index (κ1) is 15.6. The van der Waals surface area contributed by atoms with Crippen molar-refractivity contribution in [3.8, 4) is 11.8 Å². The van der Waals surface area contributed by atoms with Crippen molar-refractivity contribution in [1.29, 1.82) is 0 Å². The smallest absolute Gasteiger partial charge is 0.106 e. The standard InChI is InChI=1S/C14H16Cl2OS/c1-14(2,3)9-8-12(16)10-18(17)13-6-4-11(15)5-7-13/h4-7,12H,10H2,1-3H3. The maximum absolute atomic E-state index is 12.0. The fraction of sp³-hybridized carbons (Fsp3) is 0.429. The molecule has 0 aliphatic heterocycles. The van der Waals surface area contributed by atoms with Gasteiger partial charge in [0.2, 0.25) is 0 Å². The van der Waals surface area contributed by atoms with Gasteiger partial charge in [0.15, 0.2) is 0 Å². The zero-order valence-corrected chi connectivity index (χ0v) is 13.0. The lowest BCUT2D eigenvalue weighted by atomic mass is 9.98. The largest absolute Gasteiger partial charge is 0.254 e. The van der Waals surface area contributed by atoms with E-state index in [0.29, 0.717) is 10.8 Å². The summed E-state index contributed by atoms with van der Waals surface area (Å²) in [7, 11) is -1.14. The van der Waals surface area contributed by atoms with E-state index >= 15 is 0 Å². The van der Waals surface area contributed by atoms with Crippen molar-refractivity contribution < 1.29 is 4.21 Å². The molecule has 0 amide bonds. The summed E-state index contributed by atoms with van der Waals surface area (Å²) in [6.45, 7) is 6.04. The van der Waals surface area contributed by atoms with Crippen molar-refractivity contribution in [3.05, 3.63) is 29.3 Å². The van der Waals surface area contributed by atoms with Crippen LogP contribution in [0.25, 0.3) is 0 Å². The molecule has 1 aromatic rings. The van der Waals surface area contributed by atoms with Crippen LogP contribution in [0.15, 0.2) is 29.2 Å². The molecule has 0 N–H and O–H groups in total. The Morgan fingerprint density at radius 3 is 2.33 bits per heavy atom. The lowest BCUT2D eigenvalue weighted by Gasteiger charge is -2.08. The van der Waals surface area contributed by atoms with Crippen LogP contribution in [0.4, 0.5) is 0 Å². The van der Waals surface area contributed by atoms with Crippen molar-refractivity contribution in [2.45, 2.75) is 31.0 Å². The Hall–Kier alpha value is -0.490. The van der Waals surface area contributed by atoms with Crippen LogP contribution in [0, 0.1) is 17.3 Å². The number of hydrogen-bond acceptors (Lipinski definition) is 1. The SMILES string of the molecule is CC(C)(C)C#CC(Cl)CS(=O)c1ccc(Cl)cc1. The van der Waals surface area contributed by atoms with Gasteiger partial charge in [-0.15, -0.1) is 11.6 Å². The van der Waals surface area contributed by atoms with Crippen molar-refractivity contribution in [1.82, 2.24) is 0 Å². The number of alkyl halides is 1. The number of benzene rings is 1. The van der Waals surface area contributed by atoms with E-state index in [0.717, 1.165) is 4.90 Å². The average Bonchev–Trinajstić information content (AvgIpc) is 2.26. The van der Waals surface area contributed by atoms with E-state index in [1.165, 1.54) is 0 Å². The molecule has 0 heterocycles. The van der Waals surface area contributed by atoms with E-state index in [9.17, 15) is 4.21 Å². The van der Waals surface area contributed by atoms with Gasteiger partial charge in [-0.25, -0.2) is 0 Å². The summed E-state index contributed by atoms with van der Waals surface area (Å²) in [4.78, 5) is 0.725. The predicted molar refractivity (Wildman–Crippen MR) is 79.6 cm³/mol. The molecular formula is C14H16Cl2OS. The molecular weight excluding hydrogens is 287 g/mol. The van der Waals surface area contributed by atoms with E-state index < -0.39 is 16.2 Å². The normalized spacial score (nSPS) is 14.5. The molecule has 0 aromatic heterocycles. The van der Waals surface area contributed by atoms with Gasteiger partial charge in [-0.3, -0.25) is 4.21 Å². The van der Waals surface area contributed by atoms with Gasteiger partial charge in [-0.1, -0.05) is 23.4 Å². The Labute approximate surface area is 121 Å². The van der Waals surface area contributed by atoms with Gasteiger partial charge >= 0.3 is 0 Å². The van der Waals surface area contributed by atoms with Crippen LogP contribution in [0.5, 0.6) is 0 Å². The van der Waals surface area contributed by atoms with Crippen LogP contribution in [0.3, 0.4) is 0 Å². The summed E-state index contributed by atoms with van der Waals surface area (Å²) >= 11 is 11.8. The molecule has 0 saturated heterocycles. The van der Waals surface area contributed by atoms with Crippen molar-refractivity contribution in [2.75, 3.05) is 5.75 Å². The molecule has 98 valence electrons. The summed E-state index contributed by atoms with van der Waals surface area (Å²) in [5.41, 5.74) is -0.0884. The molecule has 0 aliphatic rings. The molecule has 4 heteroatoms. The quantitative estimate of drug-likeness (QED) is 0.607. The Kier molecular flexibility index (Phi) is 5.72. The van der Waals surface area contributed by atoms with Gasteiger partial charge in [0.25, 0.3) is 0 Å². The van der Waals surface area contributed by atoms with Crippen LogP contribution in [0.2, 0.25) is 5.02 Å². The van der Waals surface area contributed by atoms with E-state index in [1.54, 1.807) is 24.3 Å². The van der Waals surface area contributed by atoms with E-state index in [1.807, 2.05) is 20.8 Å². The first-order valence-corrected chi connectivity index (χ1v) is 7.72. The molecule has 0 bridgehead atoms. The second-order valence-electron chi connectivity index (χ2n) is 4.95. The van der Waals surface area contributed by atoms with Gasteiger partial charge in [-0.05, 0) is 45.0 Å². The lowest BCUT2D eigenvalue weighted by molar-refractivity contribution is 0.570. The molecule has 0 fully saturated rings. The molecule has 1 nitrogen and oxygen atoms in total. The highest BCUT2D eigenvalue weighted by Gasteiger charge is 2.11. The van der Waals surface area contributed by atoms with Crippen LogP contribution in [-0.2, 0) is 10.8 Å². The Balaban J connectivity index is 2.64. The fourth-order valence-corrected chi connectivity index (χ4v) is 2.66. The molecule has 0 radical (unpaired) electrons. The minimum atomic E-state index is -1.14. The van der Waals surface area contributed by atoms with E-state index in [4.69, 9.17) is 23.2 Å². The third kappa shape index (κ3) is 5.91. The van der Waals surface area contributed by atoms with Gasteiger partial charge in [0, 0.05) is 15.3 Å². The van der Waals surface area contributed by atoms with Gasteiger partial charge in [0.1, 0.15) is 5.38 Å². The highest BCUT2D eigenvalue weighted by Crippen LogP contribution is 2.15.